The molecule has 1 aromatic heterocycles. The number of hydrogen-bond donors (Lipinski definition) is 0. The Labute approximate surface area is 137 Å². The van der Waals surface area contributed by atoms with Crippen molar-refractivity contribution in [2.24, 2.45) is 0 Å². The summed E-state index contributed by atoms with van der Waals surface area (Å²) < 4.78 is 7.50. The third-order valence-electron chi connectivity index (χ3n) is 4.36. The Balaban J connectivity index is 1.47. The van der Waals surface area contributed by atoms with Gasteiger partial charge in [-0.2, -0.15) is 10.4 Å². The quantitative estimate of drug-likeness (QED) is 0.770. The topological polar surface area (TPSA) is 54.1 Å². The molecule has 0 amide bonds. The maximum atomic E-state index is 8.83. The van der Waals surface area contributed by atoms with E-state index in [0.29, 0.717) is 5.56 Å². The highest BCUT2D eigenvalue weighted by molar-refractivity contribution is 5.38. The second-order valence-electron chi connectivity index (χ2n) is 6.01. The molecule has 5 nitrogen and oxygen atoms in total. The SMILES string of the molecule is C[C@H]1CCCN1CCCOc1ccc(-n2cc(C#N)cn2)cc1. The second kappa shape index (κ2) is 7.30. The zero-order valence-corrected chi connectivity index (χ0v) is 13.5. The number of ether oxygens (including phenoxy) is 1. The maximum absolute atomic E-state index is 8.83. The Morgan fingerprint density at radius 2 is 2.17 bits per heavy atom. The molecule has 1 aromatic carbocycles. The van der Waals surface area contributed by atoms with Crippen LogP contribution in [0.4, 0.5) is 0 Å². The molecule has 0 bridgehead atoms. The van der Waals surface area contributed by atoms with Gasteiger partial charge in [0.05, 0.1) is 24.1 Å². The van der Waals surface area contributed by atoms with Gasteiger partial charge in [-0.05, 0) is 57.0 Å². The lowest BCUT2D eigenvalue weighted by Gasteiger charge is -2.20. The highest BCUT2D eigenvalue weighted by atomic mass is 16.5. The summed E-state index contributed by atoms with van der Waals surface area (Å²) in [6.07, 6.45) is 6.97. The van der Waals surface area contributed by atoms with E-state index in [1.165, 1.54) is 19.4 Å². The van der Waals surface area contributed by atoms with Gasteiger partial charge in [0.2, 0.25) is 0 Å². The Bertz CT molecular complexity index is 671. The van der Waals surface area contributed by atoms with Gasteiger partial charge in [-0.1, -0.05) is 0 Å². The molecule has 2 aromatic rings. The minimum Gasteiger partial charge on any atom is -0.494 e. The first-order valence-electron chi connectivity index (χ1n) is 8.18. The molecule has 1 saturated heterocycles. The van der Waals surface area contributed by atoms with E-state index in [4.69, 9.17) is 10.00 Å². The van der Waals surface area contributed by atoms with Crippen molar-refractivity contribution in [3.8, 4) is 17.5 Å². The second-order valence-corrected chi connectivity index (χ2v) is 6.01. The fraction of sp³-hybridized carbons (Fsp3) is 0.444. The van der Waals surface area contributed by atoms with E-state index in [1.807, 2.05) is 24.3 Å². The maximum Gasteiger partial charge on any atom is 0.119 e. The average molecular weight is 310 g/mol. The van der Waals surface area contributed by atoms with Gasteiger partial charge in [0.15, 0.2) is 0 Å². The zero-order chi connectivity index (χ0) is 16.1. The fourth-order valence-corrected chi connectivity index (χ4v) is 3.00. The van der Waals surface area contributed by atoms with E-state index in [-0.39, 0.29) is 0 Å². The molecule has 1 atom stereocenters. The van der Waals surface area contributed by atoms with Crippen LogP contribution in [0.5, 0.6) is 5.75 Å². The molecule has 0 unspecified atom stereocenters. The number of hydrogen-bond acceptors (Lipinski definition) is 4. The summed E-state index contributed by atoms with van der Waals surface area (Å²) >= 11 is 0. The van der Waals surface area contributed by atoms with Crippen LogP contribution >= 0.6 is 0 Å². The summed E-state index contributed by atoms with van der Waals surface area (Å²) in [6, 6.07) is 10.6. The van der Waals surface area contributed by atoms with Gasteiger partial charge in [0.1, 0.15) is 11.8 Å². The number of aromatic nitrogens is 2. The lowest BCUT2D eigenvalue weighted by atomic mass is 10.2. The third-order valence-corrected chi connectivity index (χ3v) is 4.36. The fourth-order valence-electron chi connectivity index (χ4n) is 3.00. The summed E-state index contributed by atoms with van der Waals surface area (Å²) in [4.78, 5) is 2.54. The van der Waals surface area contributed by atoms with E-state index in [1.54, 1.807) is 17.1 Å². The van der Waals surface area contributed by atoms with Gasteiger partial charge >= 0.3 is 0 Å². The summed E-state index contributed by atoms with van der Waals surface area (Å²) in [5, 5.41) is 13.0. The Hall–Kier alpha value is -2.32. The molecular formula is C18H22N4O. The molecule has 0 spiro atoms. The van der Waals surface area contributed by atoms with Crippen LogP contribution in [0.2, 0.25) is 0 Å². The van der Waals surface area contributed by atoms with Crippen molar-refractivity contribution in [1.82, 2.24) is 14.7 Å². The molecule has 0 N–H and O–H groups in total. The van der Waals surface area contributed by atoms with Crippen molar-refractivity contribution in [3.05, 3.63) is 42.2 Å². The van der Waals surface area contributed by atoms with E-state index in [0.717, 1.165) is 37.1 Å². The molecular weight excluding hydrogens is 288 g/mol. The van der Waals surface area contributed by atoms with Crippen molar-refractivity contribution in [1.29, 1.82) is 5.26 Å². The standard InChI is InChI=1S/C18H22N4O/c1-15-4-2-9-21(15)10-3-11-23-18-7-5-17(6-8-18)22-14-16(12-19)13-20-22/h5-8,13-15H,2-4,9-11H2,1H3/t15-/m0/s1. The predicted molar refractivity (Wildman–Crippen MR) is 88.7 cm³/mol. The molecule has 1 aliphatic rings. The van der Waals surface area contributed by atoms with Crippen LogP contribution in [0.25, 0.3) is 5.69 Å². The molecule has 0 radical (unpaired) electrons. The van der Waals surface area contributed by atoms with Crippen molar-refractivity contribution < 1.29 is 4.74 Å². The largest absolute Gasteiger partial charge is 0.494 e. The normalized spacial score (nSPS) is 18.0. The first kappa shape index (κ1) is 15.6. The number of nitriles is 1. The Morgan fingerprint density at radius 1 is 1.35 bits per heavy atom. The monoisotopic (exact) mass is 310 g/mol. The van der Waals surface area contributed by atoms with Crippen LogP contribution in [-0.2, 0) is 0 Å². The first-order chi connectivity index (χ1) is 11.3. The molecule has 2 heterocycles. The van der Waals surface area contributed by atoms with Gasteiger partial charge in [-0.15, -0.1) is 0 Å². The van der Waals surface area contributed by atoms with Crippen LogP contribution < -0.4 is 4.74 Å². The third kappa shape index (κ3) is 3.91. The van der Waals surface area contributed by atoms with Crippen LogP contribution in [-0.4, -0.2) is 40.4 Å². The molecule has 1 fully saturated rings. The number of rotatable bonds is 6. The van der Waals surface area contributed by atoms with Gasteiger partial charge in [0, 0.05) is 18.8 Å². The average Bonchev–Trinajstić information content (AvgIpc) is 3.21. The van der Waals surface area contributed by atoms with E-state index < -0.39 is 0 Å². The lowest BCUT2D eigenvalue weighted by Crippen LogP contribution is -2.28. The lowest BCUT2D eigenvalue weighted by molar-refractivity contribution is 0.230. The number of benzene rings is 1. The highest BCUT2D eigenvalue weighted by Gasteiger charge is 2.18. The molecule has 0 saturated carbocycles. The van der Waals surface area contributed by atoms with Crippen molar-refractivity contribution in [2.45, 2.75) is 32.2 Å². The Kier molecular flexibility index (Phi) is 4.94. The highest BCUT2D eigenvalue weighted by Crippen LogP contribution is 2.18. The van der Waals surface area contributed by atoms with Gasteiger partial charge in [0.25, 0.3) is 0 Å². The zero-order valence-electron chi connectivity index (χ0n) is 13.5. The minimum atomic E-state index is 0.557. The van der Waals surface area contributed by atoms with Crippen molar-refractivity contribution >= 4 is 0 Å². The molecule has 5 heteroatoms. The molecule has 1 aliphatic heterocycles. The summed E-state index contributed by atoms with van der Waals surface area (Å²) in [7, 11) is 0. The van der Waals surface area contributed by atoms with Crippen molar-refractivity contribution in [3.63, 3.8) is 0 Å². The van der Waals surface area contributed by atoms with Gasteiger partial charge in [-0.3, -0.25) is 0 Å². The van der Waals surface area contributed by atoms with Crippen LogP contribution in [0.15, 0.2) is 36.7 Å². The van der Waals surface area contributed by atoms with Crippen LogP contribution in [0.1, 0.15) is 31.7 Å². The molecule has 0 aliphatic carbocycles. The first-order valence-corrected chi connectivity index (χ1v) is 8.18. The summed E-state index contributed by atoms with van der Waals surface area (Å²) in [5.41, 5.74) is 1.48. The minimum absolute atomic E-state index is 0.557. The van der Waals surface area contributed by atoms with Crippen LogP contribution in [0.3, 0.4) is 0 Å². The van der Waals surface area contributed by atoms with Gasteiger partial charge in [-0.25, -0.2) is 4.68 Å². The molecule has 120 valence electrons. The summed E-state index contributed by atoms with van der Waals surface area (Å²) in [5.74, 6) is 0.871. The van der Waals surface area contributed by atoms with Crippen molar-refractivity contribution in [2.75, 3.05) is 19.7 Å². The smallest absolute Gasteiger partial charge is 0.119 e. The number of nitrogens with zero attached hydrogens (tertiary/aromatic N) is 4. The summed E-state index contributed by atoms with van der Waals surface area (Å²) in [6.45, 7) is 5.39. The van der Waals surface area contributed by atoms with E-state index in [9.17, 15) is 0 Å². The van der Waals surface area contributed by atoms with E-state index in [2.05, 4.69) is 23.0 Å². The molecule has 3 rings (SSSR count). The van der Waals surface area contributed by atoms with Crippen LogP contribution in [0, 0.1) is 11.3 Å². The van der Waals surface area contributed by atoms with Gasteiger partial charge < -0.3 is 9.64 Å². The Morgan fingerprint density at radius 3 is 2.83 bits per heavy atom. The predicted octanol–water partition coefficient (Wildman–Crippen LogP) is 3.00. The number of likely N-dealkylation sites (tertiary alicyclic amines) is 1. The van der Waals surface area contributed by atoms with E-state index >= 15 is 0 Å². The molecule has 23 heavy (non-hydrogen) atoms.